The van der Waals surface area contributed by atoms with Crippen molar-refractivity contribution in [3.05, 3.63) is 39.2 Å². The molecule has 1 aliphatic rings. The summed E-state index contributed by atoms with van der Waals surface area (Å²) in [5, 5.41) is 12.3. The Morgan fingerprint density at radius 3 is 2.85 bits per heavy atom. The fraction of sp³-hybridized carbons (Fsp3) is 0.556. The van der Waals surface area contributed by atoms with E-state index < -0.39 is 0 Å². The summed E-state index contributed by atoms with van der Waals surface area (Å²) in [4.78, 5) is 14.3. The summed E-state index contributed by atoms with van der Waals surface area (Å²) in [6.07, 6.45) is 4.93. The molecule has 4 rings (SSSR count). The molecule has 3 aromatic rings. The van der Waals surface area contributed by atoms with E-state index in [1.807, 2.05) is 0 Å². The SMILES string of the molecule is Cn1cnn(Cc2nnc(-c3cc4c(s3)CCC(C(C)(C)C)C4)o2)c1=O. The molecule has 1 aliphatic carbocycles. The zero-order chi connectivity index (χ0) is 18.5. The first-order valence-corrected chi connectivity index (χ1v) is 9.65. The van der Waals surface area contributed by atoms with Gasteiger partial charge in [-0.25, -0.2) is 9.48 Å². The van der Waals surface area contributed by atoms with E-state index >= 15 is 0 Å². The van der Waals surface area contributed by atoms with Crippen molar-refractivity contribution in [2.75, 3.05) is 0 Å². The lowest BCUT2D eigenvalue weighted by Crippen LogP contribution is -2.26. The Morgan fingerprint density at radius 1 is 1.35 bits per heavy atom. The van der Waals surface area contributed by atoms with Gasteiger partial charge >= 0.3 is 5.69 Å². The number of fused-ring (bicyclic) bond motifs is 1. The van der Waals surface area contributed by atoms with Crippen LogP contribution in [0.3, 0.4) is 0 Å². The molecule has 26 heavy (non-hydrogen) atoms. The molecule has 0 aromatic carbocycles. The predicted molar refractivity (Wildman–Crippen MR) is 99.2 cm³/mol. The Balaban J connectivity index is 1.55. The van der Waals surface area contributed by atoms with Gasteiger partial charge in [-0.2, -0.15) is 5.10 Å². The van der Waals surface area contributed by atoms with E-state index in [-0.39, 0.29) is 12.2 Å². The van der Waals surface area contributed by atoms with Gasteiger partial charge in [-0.1, -0.05) is 20.8 Å². The van der Waals surface area contributed by atoms with Crippen molar-refractivity contribution in [3.8, 4) is 10.8 Å². The van der Waals surface area contributed by atoms with Gasteiger partial charge in [-0.05, 0) is 42.2 Å². The molecule has 0 radical (unpaired) electrons. The largest absolute Gasteiger partial charge is 0.418 e. The van der Waals surface area contributed by atoms with Gasteiger partial charge in [0.25, 0.3) is 5.89 Å². The van der Waals surface area contributed by atoms with Gasteiger partial charge in [0.05, 0.1) is 4.88 Å². The topological polar surface area (TPSA) is 78.7 Å². The third-order valence-electron chi connectivity index (χ3n) is 5.16. The average Bonchev–Trinajstić information content (AvgIpc) is 3.28. The van der Waals surface area contributed by atoms with Crippen molar-refractivity contribution in [1.82, 2.24) is 24.5 Å². The van der Waals surface area contributed by atoms with Crippen LogP contribution in [-0.4, -0.2) is 24.5 Å². The van der Waals surface area contributed by atoms with Crippen molar-refractivity contribution in [1.29, 1.82) is 0 Å². The zero-order valence-electron chi connectivity index (χ0n) is 15.5. The van der Waals surface area contributed by atoms with Crippen LogP contribution in [-0.2, 0) is 26.4 Å². The normalized spacial score (nSPS) is 17.5. The lowest BCUT2D eigenvalue weighted by atomic mass is 9.72. The van der Waals surface area contributed by atoms with Gasteiger partial charge in [-0.3, -0.25) is 4.57 Å². The summed E-state index contributed by atoms with van der Waals surface area (Å²) >= 11 is 1.74. The second kappa shape index (κ2) is 6.19. The molecule has 0 saturated heterocycles. The van der Waals surface area contributed by atoms with Crippen LogP contribution in [0.1, 0.15) is 43.5 Å². The summed E-state index contributed by atoms with van der Waals surface area (Å²) in [7, 11) is 1.66. The van der Waals surface area contributed by atoms with E-state index in [0.717, 1.165) is 17.7 Å². The van der Waals surface area contributed by atoms with Gasteiger partial charge in [-0.15, -0.1) is 21.5 Å². The van der Waals surface area contributed by atoms with Crippen LogP contribution in [0.25, 0.3) is 10.8 Å². The van der Waals surface area contributed by atoms with Crippen LogP contribution in [0.2, 0.25) is 0 Å². The highest BCUT2D eigenvalue weighted by molar-refractivity contribution is 7.15. The Labute approximate surface area is 155 Å². The molecule has 138 valence electrons. The molecule has 0 aliphatic heterocycles. The maximum atomic E-state index is 11.9. The van der Waals surface area contributed by atoms with Gasteiger partial charge in [0.15, 0.2) is 0 Å². The summed E-state index contributed by atoms with van der Waals surface area (Å²) in [5.74, 6) is 1.61. The number of hydrogen-bond donors (Lipinski definition) is 0. The molecular formula is C18H23N5O2S. The minimum atomic E-state index is -0.204. The highest BCUT2D eigenvalue weighted by atomic mass is 32.1. The van der Waals surface area contributed by atoms with E-state index in [2.05, 4.69) is 42.1 Å². The molecule has 3 heterocycles. The quantitative estimate of drug-likeness (QED) is 0.705. The number of aromatic nitrogens is 5. The first-order chi connectivity index (χ1) is 12.3. The van der Waals surface area contributed by atoms with Crippen molar-refractivity contribution in [3.63, 3.8) is 0 Å². The molecule has 0 amide bonds. The fourth-order valence-electron chi connectivity index (χ4n) is 3.44. The fourth-order valence-corrected chi connectivity index (χ4v) is 4.57. The lowest BCUT2D eigenvalue weighted by Gasteiger charge is -2.33. The lowest BCUT2D eigenvalue weighted by molar-refractivity contribution is 0.217. The smallest absolute Gasteiger partial charge is 0.345 e. The van der Waals surface area contributed by atoms with E-state index in [0.29, 0.717) is 23.1 Å². The van der Waals surface area contributed by atoms with E-state index in [9.17, 15) is 4.79 Å². The maximum absolute atomic E-state index is 11.9. The zero-order valence-corrected chi connectivity index (χ0v) is 16.3. The number of nitrogens with zero attached hydrogens (tertiary/aromatic N) is 5. The monoisotopic (exact) mass is 373 g/mol. The third kappa shape index (κ3) is 3.13. The number of hydrogen-bond acceptors (Lipinski definition) is 6. The molecule has 0 bridgehead atoms. The van der Waals surface area contributed by atoms with Crippen molar-refractivity contribution < 1.29 is 4.42 Å². The maximum Gasteiger partial charge on any atom is 0.345 e. The molecular weight excluding hydrogens is 350 g/mol. The predicted octanol–water partition coefficient (Wildman–Crippen LogP) is 2.89. The van der Waals surface area contributed by atoms with Crippen LogP contribution >= 0.6 is 11.3 Å². The number of aryl methyl sites for hydroxylation is 2. The average molecular weight is 373 g/mol. The van der Waals surface area contributed by atoms with Crippen LogP contribution in [0.15, 0.2) is 21.6 Å². The first-order valence-electron chi connectivity index (χ1n) is 8.84. The van der Waals surface area contributed by atoms with Crippen LogP contribution in [0.4, 0.5) is 0 Å². The summed E-state index contributed by atoms with van der Waals surface area (Å²) in [6.45, 7) is 7.14. The summed E-state index contributed by atoms with van der Waals surface area (Å²) in [5.41, 5.74) is 1.54. The first kappa shape index (κ1) is 17.2. The standard InChI is InChI=1S/C18H23N5O2S/c1-18(2,3)12-5-6-13-11(7-12)8-14(26-13)16-21-20-15(25-16)9-23-17(24)22(4)10-19-23/h8,10,12H,5-7,9H2,1-4H3. The highest BCUT2D eigenvalue weighted by Gasteiger charge is 2.30. The van der Waals surface area contributed by atoms with Gasteiger partial charge in [0, 0.05) is 11.9 Å². The van der Waals surface area contributed by atoms with E-state index in [1.54, 1.807) is 18.4 Å². The van der Waals surface area contributed by atoms with Gasteiger partial charge < -0.3 is 4.42 Å². The molecule has 0 N–H and O–H groups in total. The second-order valence-corrected chi connectivity index (χ2v) is 9.18. The van der Waals surface area contributed by atoms with Gasteiger partial charge in [0.1, 0.15) is 12.9 Å². The van der Waals surface area contributed by atoms with Crippen molar-refractivity contribution >= 4 is 11.3 Å². The summed E-state index contributed by atoms with van der Waals surface area (Å²) < 4.78 is 8.51. The molecule has 0 fully saturated rings. The molecule has 1 atom stereocenters. The molecule has 8 heteroatoms. The number of rotatable bonds is 3. The van der Waals surface area contributed by atoms with Crippen molar-refractivity contribution in [2.24, 2.45) is 18.4 Å². The molecule has 0 saturated carbocycles. The molecule has 7 nitrogen and oxygen atoms in total. The Morgan fingerprint density at radius 2 is 2.15 bits per heavy atom. The highest BCUT2D eigenvalue weighted by Crippen LogP contribution is 2.42. The van der Waals surface area contributed by atoms with E-state index in [4.69, 9.17) is 4.42 Å². The van der Waals surface area contributed by atoms with Crippen LogP contribution in [0.5, 0.6) is 0 Å². The van der Waals surface area contributed by atoms with Crippen molar-refractivity contribution in [2.45, 2.75) is 46.6 Å². The van der Waals surface area contributed by atoms with Crippen LogP contribution < -0.4 is 5.69 Å². The van der Waals surface area contributed by atoms with E-state index in [1.165, 1.54) is 32.4 Å². The minimum Gasteiger partial charge on any atom is -0.418 e. The summed E-state index contributed by atoms with van der Waals surface area (Å²) in [6, 6.07) is 2.20. The Kier molecular flexibility index (Phi) is 4.10. The molecule has 3 aromatic heterocycles. The third-order valence-corrected chi connectivity index (χ3v) is 6.38. The Bertz CT molecular complexity index is 988. The number of thiophene rings is 1. The van der Waals surface area contributed by atoms with Crippen LogP contribution in [0, 0.1) is 11.3 Å². The molecule has 1 unspecified atom stereocenters. The van der Waals surface area contributed by atoms with Gasteiger partial charge in [0.2, 0.25) is 5.89 Å². The Hall–Kier alpha value is -2.22. The molecule has 0 spiro atoms. The second-order valence-electron chi connectivity index (χ2n) is 8.05. The minimum absolute atomic E-state index is 0.184.